The molecule has 0 spiro atoms. The zero-order valence-electron chi connectivity index (χ0n) is 8.66. The van der Waals surface area contributed by atoms with Crippen LogP contribution in [0.1, 0.15) is 13.3 Å². The second-order valence-corrected chi connectivity index (χ2v) is 3.14. The molecule has 0 fully saturated rings. The maximum Gasteiger partial charge on any atom is 0.146 e. The highest BCUT2D eigenvalue weighted by atomic mass is 16.5. The molecule has 0 saturated carbocycles. The van der Waals surface area contributed by atoms with E-state index in [0.29, 0.717) is 12.4 Å². The maximum atomic E-state index is 5.71. The molecular weight excluding hydrogens is 178 g/mol. The molecule has 0 radical (unpaired) electrons. The molecule has 0 bridgehead atoms. The summed E-state index contributed by atoms with van der Waals surface area (Å²) < 4.78 is 5.08. The number of pyridine rings is 1. The molecule has 1 rings (SSSR count). The van der Waals surface area contributed by atoms with Crippen LogP contribution in [0.3, 0.4) is 0 Å². The van der Waals surface area contributed by atoms with Crippen molar-refractivity contribution >= 4 is 11.5 Å². The largest absolute Gasteiger partial charge is 0.383 e. The van der Waals surface area contributed by atoms with Crippen molar-refractivity contribution in [3.8, 4) is 0 Å². The topological polar surface area (TPSA) is 60.2 Å². The third kappa shape index (κ3) is 2.88. The number of hydrogen-bond acceptors (Lipinski definition) is 4. The van der Waals surface area contributed by atoms with Gasteiger partial charge in [0.05, 0.1) is 12.3 Å². The van der Waals surface area contributed by atoms with Crippen LogP contribution >= 0.6 is 0 Å². The highest BCUT2D eigenvalue weighted by Gasteiger charge is 2.07. The van der Waals surface area contributed by atoms with Gasteiger partial charge >= 0.3 is 0 Å². The van der Waals surface area contributed by atoms with Gasteiger partial charge in [0.1, 0.15) is 5.82 Å². The quantitative estimate of drug-likeness (QED) is 0.747. The third-order valence-electron chi connectivity index (χ3n) is 2.06. The van der Waals surface area contributed by atoms with Crippen molar-refractivity contribution in [2.45, 2.75) is 19.4 Å². The molecule has 1 aromatic rings. The van der Waals surface area contributed by atoms with E-state index < -0.39 is 0 Å². The van der Waals surface area contributed by atoms with E-state index in [1.807, 2.05) is 12.1 Å². The minimum atomic E-state index is 0.284. The number of rotatable bonds is 5. The Hall–Kier alpha value is -1.29. The van der Waals surface area contributed by atoms with E-state index in [9.17, 15) is 0 Å². The molecule has 1 aromatic heterocycles. The van der Waals surface area contributed by atoms with Gasteiger partial charge in [0.15, 0.2) is 0 Å². The molecule has 1 unspecified atom stereocenters. The number of methoxy groups -OCH3 is 1. The summed E-state index contributed by atoms with van der Waals surface area (Å²) in [6.45, 7) is 2.77. The van der Waals surface area contributed by atoms with Crippen LogP contribution < -0.4 is 11.1 Å². The molecule has 0 aliphatic rings. The van der Waals surface area contributed by atoms with Crippen molar-refractivity contribution in [2.24, 2.45) is 0 Å². The molecule has 4 heteroatoms. The molecule has 1 atom stereocenters. The zero-order valence-corrected chi connectivity index (χ0v) is 8.66. The van der Waals surface area contributed by atoms with Crippen molar-refractivity contribution in [3.05, 3.63) is 18.3 Å². The summed E-state index contributed by atoms with van der Waals surface area (Å²) in [7, 11) is 1.69. The average molecular weight is 195 g/mol. The van der Waals surface area contributed by atoms with Crippen molar-refractivity contribution in [1.82, 2.24) is 4.98 Å². The van der Waals surface area contributed by atoms with Crippen LogP contribution in [0.4, 0.5) is 11.5 Å². The van der Waals surface area contributed by atoms with Gasteiger partial charge in [-0.25, -0.2) is 4.98 Å². The van der Waals surface area contributed by atoms with Gasteiger partial charge in [-0.2, -0.15) is 0 Å². The average Bonchev–Trinajstić information content (AvgIpc) is 2.20. The smallest absolute Gasteiger partial charge is 0.146 e. The minimum Gasteiger partial charge on any atom is -0.383 e. The minimum absolute atomic E-state index is 0.284. The lowest BCUT2D eigenvalue weighted by molar-refractivity contribution is 0.184. The van der Waals surface area contributed by atoms with Gasteiger partial charge in [-0.3, -0.25) is 0 Å². The SMILES string of the molecule is CCC(COC)Nc1cccnc1N. The summed E-state index contributed by atoms with van der Waals surface area (Å²) in [5.74, 6) is 0.530. The number of nitrogens with one attached hydrogen (secondary N) is 1. The van der Waals surface area contributed by atoms with Crippen molar-refractivity contribution < 1.29 is 4.74 Å². The van der Waals surface area contributed by atoms with Crippen LogP contribution in [-0.4, -0.2) is 24.7 Å². The van der Waals surface area contributed by atoms with Gasteiger partial charge in [-0.05, 0) is 18.6 Å². The van der Waals surface area contributed by atoms with E-state index >= 15 is 0 Å². The van der Waals surface area contributed by atoms with Crippen molar-refractivity contribution in [1.29, 1.82) is 0 Å². The first kappa shape index (κ1) is 10.8. The molecule has 4 nitrogen and oxygen atoms in total. The van der Waals surface area contributed by atoms with E-state index in [4.69, 9.17) is 10.5 Å². The summed E-state index contributed by atoms with van der Waals surface area (Å²) in [4.78, 5) is 4.00. The first-order valence-electron chi connectivity index (χ1n) is 4.74. The number of hydrogen-bond donors (Lipinski definition) is 2. The monoisotopic (exact) mass is 195 g/mol. The fraction of sp³-hybridized carbons (Fsp3) is 0.500. The lowest BCUT2D eigenvalue weighted by Crippen LogP contribution is -2.24. The third-order valence-corrected chi connectivity index (χ3v) is 2.06. The summed E-state index contributed by atoms with van der Waals surface area (Å²) >= 11 is 0. The van der Waals surface area contributed by atoms with Crippen LogP contribution in [0.15, 0.2) is 18.3 Å². The van der Waals surface area contributed by atoms with Crippen molar-refractivity contribution in [2.75, 3.05) is 24.8 Å². The Bertz CT molecular complexity index is 278. The Kier molecular flexibility index (Phi) is 4.19. The normalized spacial score (nSPS) is 12.4. The maximum absolute atomic E-state index is 5.71. The molecule has 0 amide bonds. The van der Waals surface area contributed by atoms with E-state index in [0.717, 1.165) is 12.1 Å². The van der Waals surface area contributed by atoms with Crippen LogP contribution in [0.2, 0.25) is 0 Å². The Morgan fingerprint density at radius 3 is 3.00 bits per heavy atom. The predicted octanol–water partition coefficient (Wildman–Crippen LogP) is 1.50. The van der Waals surface area contributed by atoms with E-state index in [-0.39, 0.29) is 6.04 Å². The van der Waals surface area contributed by atoms with Crippen LogP contribution in [0, 0.1) is 0 Å². The van der Waals surface area contributed by atoms with Gasteiger partial charge in [-0.15, -0.1) is 0 Å². The molecule has 1 heterocycles. The Labute approximate surface area is 84.5 Å². The molecular formula is C10H17N3O. The molecule has 0 saturated heterocycles. The van der Waals surface area contributed by atoms with Gasteiger partial charge in [0.25, 0.3) is 0 Å². The highest BCUT2D eigenvalue weighted by molar-refractivity contribution is 5.61. The van der Waals surface area contributed by atoms with Crippen LogP contribution in [0.25, 0.3) is 0 Å². The molecule has 0 aliphatic carbocycles. The fourth-order valence-electron chi connectivity index (χ4n) is 1.22. The summed E-state index contributed by atoms with van der Waals surface area (Å²) in [6, 6.07) is 4.06. The first-order valence-corrected chi connectivity index (χ1v) is 4.74. The van der Waals surface area contributed by atoms with E-state index in [2.05, 4.69) is 17.2 Å². The summed E-state index contributed by atoms with van der Waals surface area (Å²) in [5.41, 5.74) is 6.58. The van der Waals surface area contributed by atoms with E-state index in [1.54, 1.807) is 13.3 Å². The van der Waals surface area contributed by atoms with E-state index in [1.165, 1.54) is 0 Å². The number of nitrogens with zero attached hydrogens (tertiary/aromatic N) is 1. The predicted molar refractivity (Wildman–Crippen MR) is 58.2 cm³/mol. The van der Waals surface area contributed by atoms with Gasteiger partial charge in [0, 0.05) is 19.3 Å². The first-order chi connectivity index (χ1) is 6.77. The highest BCUT2D eigenvalue weighted by Crippen LogP contribution is 2.15. The van der Waals surface area contributed by atoms with Gasteiger partial charge < -0.3 is 15.8 Å². The van der Waals surface area contributed by atoms with Crippen molar-refractivity contribution in [3.63, 3.8) is 0 Å². The summed E-state index contributed by atoms with van der Waals surface area (Å²) in [5, 5.41) is 3.29. The molecule has 0 aliphatic heterocycles. The number of ether oxygens (including phenoxy) is 1. The molecule has 3 N–H and O–H groups in total. The Morgan fingerprint density at radius 1 is 1.64 bits per heavy atom. The standard InChI is InChI=1S/C10H17N3O/c1-3-8(7-14-2)13-9-5-4-6-12-10(9)11/h4-6,8,13H,3,7H2,1-2H3,(H2,11,12). The molecule has 14 heavy (non-hydrogen) atoms. The second-order valence-electron chi connectivity index (χ2n) is 3.14. The Morgan fingerprint density at radius 2 is 2.43 bits per heavy atom. The Balaban J connectivity index is 2.62. The molecule has 0 aromatic carbocycles. The zero-order chi connectivity index (χ0) is 10.4. The number of nitrogen functional groups attached to an aromatic ring is 1. The number of nitrogens with two attached hydrogens (primary N) is 1. The van der Waals surface area contributed by atoms with Crippen LogP contribution in [0.5, 0.6) is 0 Å². The number of aromatic nitrogens is 1. The van der Waals surface area contributed by atoms with Gasteiger partial charge in [-0.1, -0.05) is 6.92 Å². The number of anilines is 2. The van der Waals surface area contributed by atoms with Gasteiger partial charge in [0.2, 0.25) is 0 Å². The lowest BCUT2D eigenvalue weighted by atomic mass is 10.2. The summed E-state index contributed by atoms with van der Waals surface area (Å²) in [6.07, 6.45) is 2.67. The lowest BCUT2D eigenvalue weighted by Gasteiger charge is -2.17. The molecule has 78 valence electrons. The second kappa shape index (κ2) is 5.44. The fourth-order valence-corrected chi connectivity index (χ4v) is 1.22. The van der Waals surface area contributed by atoms with Crippen LogP contribution in [-0.2, 0) is 4.74 Å².